The summed E-state index contributed by atoms with van der Waals surface area (Å²) in [6.07, 6.45) is 4.95. The molecule has 5 nitrogen and oxygen atoms in total. The lowest BCUT2D eigenvalue weighted by Gasteiger charge is -2.38. The molecule has 0 aromatic carbocycles. The molecule has 2 heterocycles. The van der Waals surface area contributed by atoms with Crippen LogP contribution in [-0.2, 0) is 9.59 Å². The van der Waals surface area contributed by atoms with Gasteiger partial charge in [-0.05, 0) is 51.1 Å². The highest BCUT2D eigenvalue weighted by Gasteiger charge is 2.33. The van der Waals surface area contributed by atoms with E-state index in [-0.39, 0.29) is 36.1 Å². The van der Waals surface area contributed by atoms with Crippen LogP contribution >= 0.6 is 12.4 Å². The number of likely N-dealkylation sites (tertiary alicyclic amines) is 2. The minimum absolute atomic E-state index is 0. The first kappa shape index (κ1) is 22.2. The summed E-state index contributed by atoms with van der Waals surface area (Å²) in [6, 6.07) is 0. The summed E-state index contributed by atoms with van der Waals surface area (Å²) in [5, 5.41) is 3.41. The van der Waals surface area contributed by atoms with Crippen LogP contribution in [0.2, 0.25) is 0 Å². The Morgan fingerprint density at radius 2 is 1.76 bits per heavy atom. The average Bonchev–Trinajstić information content (AvgIpc) is 2.65. The van der Waals surface area contributed by atoms with Gasteiger partial charge in [-0.25, -0.2) is 0 Å². The monoisotopic (exact) mass is 373 g/mol. The second-order valence-corrected chi connectivity index (χ2v) is 7.51. The molecule has 2 atom stereocenters. The number of amides is 2. The Morgan fingerprint density at radius 1 is 1.08 bits per heavy atom. The van der Waals surface area contributed by atoms with Crippen molar-refractivity contribution in [3.05, 3.63) is 0 Å². The lowest BCUT2D eigenvalue weighted by Crippen LogP contribution is -2.49. The van der Waals surface area contributed by atoms with E-state index in [0.29, 0.717) is 12.5 Å². The van der Waals surface area contributed by atoms with Crippen LogP contribution < -0.4 is 5.32 Å². The molecule has 2 aliphatic rings. The van der Waals surface area contributed by atoms with Gasteiger partial charge >= 0.3 is 0 Å². The van der Waals surface area contributed by atoms with Crippen molar-refractivity contribution in [3.8, 4) is 0 Å². The number of carbonyl (C=O) groups is 2. The van der Waals surface area contributed by atoms with Crippen molar-refractivity contribution < 1.29 is 9.59 Å². The van der Waals surface area contributed by atoms with E-state index >= 15 is 0 Å². The van der Waals surface area contributed by atoms with Gasteiger partial charge in [0, 0.05) is 32.1 Å². The lowest BCUT2D eigenvalue weighted by molar-refractivity contribution is -0.143. The third-order valence-corrected chi connectivity index (χ3v) is 5.73. The normalized spacial score (nSPS) is 23.1. The Bertz CT molecular complexity index is 425. The van der Waals surface area contributed by atoms with Gasteiger partial charge in [-0.3, -0.25) is 9.59 Å². The van der Waals surface area contributed by atoms with Crippen LogP contribution in [-0.4, -0.2) is 60.9 Å². The van der Waals surface area contributed by atoms with E-state index in [9.17, 15) is 9.59 Å². The van der Waals surface area contributed by atoms with E-state index in [2.05, 4.69) is 12.2 Å². The molecular weight excluding hydrogens is 338 g/mol. The summed E-state index contributed by atoms with van der Waals surface area (Å²) < 4.78 is 0. The van der Waals surface area contributed by atoms with Crippen LogP contribution in [0.4, 0.5) is 0 Å². The molecule has 0 aliphatic carbocycles. The van der Waals surface area contributed by atoms with E-state index in [1.807, 2.05) is 23.6 Å². The van der Waals surface area contributed by atoms with Crippen LogP contribution in [0.1, 0.15) is 52.9 Å². The summed E-state index contributed by atoms with van der Waals surface area (Å²) in [5.41, 5.74) is 0. The van der Waals surface area contributed by atoms with Crippen molar-refractivity contribution in [1.29, 1.82) is 0 Å². The highest BCUT2D eigenvalue weighted by molar-refractivity contribution is 5.85. The van der Waals surface area contributed by atoms with Crippen LogP contribution in [0.3, 0.4) is 0 Å². The summed E-state index contributed by atoms with van der Waals surface area (Å²) in [7, 11) is 0. The Labute approximate surface area is 159 Å². The average molecular weight is 374 g/mol. The lowest BCUT2D eigenvalue weighted by atomic mass is 9.92. The fourth-order valence-corrected chi connectivity index (χ4v) is 3.83. The molecule has 2 amide bonds. The molecule has 1 N–H and O–H groups in total. The quantitative estimate of drug-likeness (QED) is 0.778. The zero-order valence-corrected chi connectivity index (χ0v) is 16.9. The number of halogens is 1. The van der Waals surface area contributed by atoms with E-state index in [0.717, 1.165) is 64.8 Å². The molecule has 6 heteroatoms. The Balaban J connectivity index is 0.00000312. The maximum atomic E-state index is 12.9. The van der Waals surface area contributed by atoms with Crippen molar-refractivity contribution in [1.82, 2.24) is 15.1 Å². The maximum absolute atomic E-state index is 12.9. The zero-order valence-electron chi connectivity index (χ0n) is 16.1. The van der Waals surface area contributed by atoms with Gasteiger partial charge in [0.1, 0.15) is 0 Å². The molecule has 0 bridgehead atoms. The second kappa shape index (κ2) is 11.0. The number of nitrogens with zero attached hydrogens (tertiary/aromatic N) is 2. The maximum Gasteiger partial charge on any atom is 0.227 e. The minimum Gasteiger partial charge on any atom is -0.342 e. The van der Waals surface area contributed by atoms with Crippen LogP contribution in [0, 0.1) is 17.8 Å². The number of carbonyl (C=O) groups excluding carboxylic acids is 2. The minimum atomic E-state index is 0. The van der Waals surface area contributed by atoms with Crippen molar-refractivity contribution in [2.24, 2.45) is 17.8 Å². The molecule has 2 aliphatic heterocycles. The molecule has 2 saturated heterocycles. The Hall–Kier alpha value is -0.810. The number of hydrogen-bond donors (Lipinski definition) is 1. The highest BCUT2D eigenvalue weighted by Crippen LogP contribution is 2.24. The van der Waals surface area contributed by atoms with Gasteiger partial charge in [0.05, 0.1) is 5.92 Å². The predicted molar refractivity (Wildman–Crippen MR) is 104 cm³/mol. The Kier molecular flexibility index (Phi) is 9.80. The first-order valence-electron chi connectivity index (χ1n) is 9.85. The highest BCUT2D eigenvalue weighted by atomic mass is 35.5. The molecule has 0 saturated carbocycles. The topological polar surface area (TPSA) is 52.7 Å². The first-order chi connectivity index (χ1) is 11.6. The van der Waals surface area contributed by atoms with Crippen molar-refractivity contribution in [2.75, 3.05) is 39.3 Å². The standard InChI is InChI=1S/C19H35N3O2.ClH/c1-4-15(3)18(23)22-10-6-7-17(14-22)19(24)21-11-8-16(9-12-21)13-20-5-2;/h15-17,20H,4-14H2,1-3H3;1H. The summed E-state index contributed by atoms with van der Waals surface area (Å²) in [5.74, 6) is 1.28. The molecule has 0 radical (unpaired) electrons. The molecule has 2 rings (SSSR count). The first-order valence-corrected chi connectivity index (χ1v) is 9.85. The van der Waals surface area contributed by atoms with Crippen molar-refractivity contribution in [3.63, 3.8) is 0 Å². The van der Waals surface area contributed by atoms with Crippen LogP contribution in [0.5, 0.6) is 0 Å². The van der Waals surface area contributed by atoms with E-state index in [4.69, 9.17) is 0 Å². The molecule has 0 aromatic heterocycles. The van der Waals surface area contributed by atoms with E-state index in [1.165, 1.54) is 0 Å². The second-order valence-electron chi connectivity index (χ2n) is 7.51. The molecule has 2 fully saturated rings. The summed E-state index contributed by atoms with van der Waals surface area (Å²) in [6.45, 7) is 11.5. The molecule has 0 spiro atoms. The fraction of sp³-hybridized carbons (Fsp3) is 0.895. The van der Waals surface area contributed by atoms with Gasteiger partial charge in [0.2, 0.25) is 11.8 Å². The summed E-state index contributed by atoms with van der Waals surface area (Å²) in [4.78, 5) is 29.2. The molecule has 2 unspecified atom stereocenters. The van der Waals surface area contributed by atoms with Gasteiger partial charge in [-0.15, -0.1) is 12.4 Å². The van der Waals surface area contributed by atoms with Crippen LogP contribution in [0.25, 0.3) is 0 Å². The van der Waals surface area contributed by atoms with Gasteiger partial charge in [0.25, 0.3) is 0 Å². The molecule has 25 heavy (non-hydrogen) atoms. The van der Waals surface area contributed by atoms with Gasteiger partial charge in [0.15, 0.2) is 0 Å². The van der Waals surface area contributed by atoms with E-state index in [1.54, 1.807) is 0 Å². The SMILES string of the molecule is CCNCC1CCN(C(=O)C2CCCN(C(=O)C(C)CC)C2)CC1.Cl. The van der Waals surface area contributed by atoms with E-state index < -0.39 is 0 Å². The number of piperidine rings is 2. The zero-order chi connectivity index (χ0) is 17.5. The number of rotatable bonds is 6. The number of nitrogens with one attached hydrogen (secondary N) is 1. The van der Waals surface area contributed by atoms with Crippen LogP contribution in [0.15, 0.2) is 0 Å². The Morgan fingerprint density at radius 3 is 2.36 bits per heavy atom. The third-order valence-electron chi connectivity index (χ3n) is 5.73. The third kappa shape index (κ3) is 6.14. The van der Waals surface area contributed by atoms with Crippen molar-refractivity contribution >= 4 is 24.2 Å². The molecular formula is C19H36ClN3O2. The largest absolute Gasteiger partial charge is 0.342 e. The van der Waals surface area contributed by atoms with Crippen molar-refractivity contribution in [2.45, 2.75) is 52.9 Å². The predicted octanol–water partition coefficient (Wildman–Crippen LogP) is 2.54. The smallest absolute Gasteiger partial charge is 0.227 e. The number of hydrogen-bond acceptors (Lipinski definition) is 3. The molecule has 0 aromatic rings. The van der Waals surface area contributed by atoms with Gasteiger partial charge < -0.3 is 15.1 Å². The fourth-order valence-electron chi connectivity index (χ4n) is 3.83. The molecule has 146 valence electrons. The summed E-state index contributed by atoms with van der Waals surface area (Å²) >= 11 is 0. The van der Waals surface area contributed by atoms with Gasteiger partial charge in [-0.2, -0.15) is 0 Å². The van der Waals surface area contributed by atoms with Gasteiger partial charge in [-0.1, -0.05) is 20.8 Å².